The van der Waals surface area contributed by atoms with Crippen LogP contribution in [0.5, 0.6) is 0 Å². The van der Waals surface area contributed by atoms with Crippen molar-refractivity contribution in [1.82, 2.24) is 10.2 Å². The van der Waals surface area contributed by atoms with E-state index in [-0.39, 0.29) is 18.1 Å². The van der Waals surface area contributed by atoms with Gasteiger partial charge in [-0.05, 0) is 31.2 Å². The van der Waals surface area contributed by atoms with Gasteiger partial charge in [0, 0.05) is 10.9 Å². The molecule has 2 unspecified atom stereocenters. The number of thiophene rings is 1. The number of nitrogens with one attached hydrogen (secondary N) is 1. The molecule has 2 atom stereocenters. The van der Waals surface area contributed by atoms with E-state index < -0.39 is 0 Å². The molecule has 80 valence electrons. The minimum absolute atomic E-state index is 0.0299. The summed E-state index contributed by atoms with van der Waals surface area (Å²) < 4.78 is 0. The van der Waals surface area contributed by atoms with Gasteiger partial charge in [-0.15, -0.1) is 11.3 Å². The van der Waals surface area contributed by atoms with E-state index in [4.69, 9.17) is 0 Å². The largest absolute Gasteiger partial charge is 0.318 e. The maximum absolute atomic E-state index is 12.0. The molecule has 0 bridgehead atoms. The Kier molecular flexibility index (Phi) is 2.07. The van der Waals surface area contributed by atoms with Crippen molar-refractivity contribution in [1.29, 1.82) is 0 Å². The zero-order valence-corrected chi connectivity index (χ0v) is 9.46. The van der Waals surface area contributed by atoms with Crippen LogP contribution >= 0.6 is 11.3 Å². The summed E-state index contributed by atoms with van der Waals surface area (Å²) in [6.07, 6.45) is 2.46. The molecule has 1 aliphatic carbocycles. The van der Waals surface area contributed by atoms with Crippen molar-refractivity contribution in [3.8, 4) is 0 Å². The van der Waals surface area contributed by atoms with Crippen LogP contribution in [0.25, 0.3) is 0 Å². The second-order valence-corrected chi connectivity index (χ2v) is 5.26. The van der Waals surface area contributed by atoms with E-state index in [0.717, 1.165) is 0 Å². The van der Waals surface area contributed by atoms with Crippen LogP contribution in [0.3, 0.4) is 0 Å². The fourth-order valence-corrected chi connectivity index (χ4v) is 2.93. The number of hydrogen-bond donors (Lipinski definition) is 1. The van der Waals surface area contributed by atoms with E-state index in [1.807, 2.05) is 17.9 Å². The zero-order valence-electron chi connectivity index (χ0n) is 8.64. The normalized spacial score (nSPS) is 31.3. The number of rotatable bonds is 2. The van der Waals surface area contributed by atoms with E-state index in [9.17, 15) is 4.79 Å². The van der Waals surface area contributed by atoms with E-state index in [0.29, 0.717) is 6.04 Å². The van der Waals surface area contributed by atoms with Gasteiger partial charge in [0.05, 0.1) is 6.04 Å². The third-order valence-corrected chi connectivity index (χ3v) is 3.99. The number of carbonyl (C=O) groups excluding carboxylic acids is 1. The minimum Gasteiger partial charge on any atom is -0.318 e. The molecule has 1 aromatic rings. The summed E-state index contributed by atoms with van der Waals surface area (Å²) in [6, 6.07) is 4.60. The number of hydrogen-bond acceptors (Lipinski definition) is 3. The van der Waals surface area contributed by atoms with Crippen molar-refractivity contribution >= 4 is 17.2 Å². The third kappa shape index (κ3) is 1.48. The minimum atomic E-state index is -0.0299. The van der Waals surface area contributed by atoms with Crippen molar-refractivity contribution in [3.63, 3.8) is 0 Å². The van der Waals surface area contributed by atoms with Gasteiger partial charge in [-0.1, -0.05) is 6.07 Å². The van der Waals surface area contributed by atoms with Gasteiger partial charge in [-0.3, -0.25) is 10.1 Å². The van der Waals surface area contributed by atoms with Gasteiger partial charge < -0.3 is 4.90 Å². The molecule has 3 rings (SSSR count). The monoisotopic (exact) mass is 222 g/mol. The van der Waals surface area contributed by atoms with Gasteiger partial charge in [0.15, 0.2) is 0 Å². The highest BCUT2D eigenvalue weighted by Gasteiger charge is 2.45. The summed E-state index contributed by atoms with van der Waals surface area (Å²) in [5, 5.41) is 5.43. The second-order valence-electron chi connectivity index (χ2n) is 4.28. The van der Waals surface area contributed by atoms with Crippen LogP contribution in [-0.2, 0) is 4.79 Å². The maximum Gasteiger partial charge on any atom is 0.241 e. The molecule has 1 saturated heterocycles. The van der Waals surface area contributed by atoms with Gasteiger partial charge in [0.1, 0.15) is 6.17 Å². The van der Waals surface area contributed by atoms with Gasteiger partial charge >= 0.3 is 0 Å². The molecule has 15 heavy (non-hydrogen) atoms. The van der Waals surface area contributed by atoms with E-state index >= 15 is 0 Å². The SMILES string of the molecule is CC1NC(c2cccs2)N(C2CC2)C1=O. The first-order valence-electron chi connectivity index (χ1n) is 5.39. The average molecular weight is 222 g/mol. The molecule has 4 heteroatoms. The predicted octanol–water partition coefficient (Wildman–Crippen LogP) is 1.73. The molecule has 0 aromatic carbocycles. The summed E-state index contributed by atoms with van der Waals surface area (Å²) >= 11 is 1.72. The number of nitrogens with zero attached hydrogens (tertiary/aromatic N) is 1. The van der Waals surface area contributed by atoms with E-state index in [1.54, 1.807) is 11.3 Å². The lowest BCUT2D eigenvalue weighted by Gasteiger charge is -2.22. The first-order chi connectivity index (χ1) is 7.27. The van der Waals surface area contributed by atoms with Crippen molar-refractivity contribution in [2.75, 3.05) is 0 Å². The summed E-state index contributed by atoms with van der Waals surface area (Å²) in [5.74, 6) is 0.260. The van der Waals surface area contributed by atoms with Crippen LogP contribution in [0.2, 0.25) is 0 Å². The first-order valence-corrected chi connectivity index (χ1v) is 6.27. The van der Waals surface area contributed by atoms with Crippen molar-refractivity contribution in [3.05, 3.63) is 22.4 Å². The van der Waals surface area contributed by atoms with Crippen molar-refractivity contribution < 1.29 is 4.79 Å². The van der Waals surface area contributed by atoms with Crippen LogP contribution in [0.15, 0.2) is 17.5 Å². The van der Waals surface area contributed by atoms with Crippen LogP contribution in [-0.4, -0.2) is 22.9 Å². The highest BCUT2D eigenvalue weighted by atomic mass is 32.1. The summed E-state index contributed by atoms with van der Waals surface area (Å²) in [5.41, 5.74) is 0. The molecule has 1 saturated carbocycles. The standard InChI is InChI=1S/C11H14N2OS/c1-7-11(14)13(8-4-5-8)10(12-7)9-3-2-6-15-9/h2-3,6-8,10,12H,4-5H2,1H3. The lowest BCUT2D eigenvalue weighted by atomic mass is 10.3. The Balaban J connectivity index is 1.91. The molecule has 1 N–H and O–H groups in total. The predicted molar refractivity (Wildman–Crippen MR) is 59.5 cm³/mol. The summed E-state index contributed by atoms with van der Waals surface area (Å²) in [6.45, 7) is 1.95. The fourth-order valence-electron chi connectivity index (χ4n) is 2.15. The maximum atomic E-state index is 12.0. The molecule has 1 amide bonds. The Morgan fingerprint density at radius 2 is 2.33 bits per heavy atom. The smallest absolute Gasteiger partial charge is 0.241 e. The van der Waals surface area contributed by atoms with Gasteiger partial charge in [0.2, 0.25) is 5.91 Å². The Bertz CT molecular complexity index is 372. The topological polar surface area (TPSA) is 32.3 Å². The van der Waals surface area contributed by atoms with Crippen molar-refractivity contribution in [2.24, 2.45) is 0 Å². The van der Waals surface area contributed by atoms with E-state index in [2.05, 4.69) is 16.8 Å². The van der Waals surface area contributed by atoms with Gasteiger partial charge in [0.25, 0.3) is 0 Å². The van der Waals surface area contributed by atoms with Gasteiger partial charge in [-0.25, -0.2) is 0 Å². The highest BCUT2D eigenvalue weighted by molar-refractivity contribution is 7.10. The van der Waals surface area contributed by atoms with Crippen LogP contribution in [0.1, 0.15) is 30.8 Å². The molecular weight excluding hydrogens is 208 g/mol. The van der Waals surface area contributed by atoms with Gasteiger partial charge in [-0.2, -0.15) is 0 Å². The number of amides is 1. The summed E-state index contributed by atoms with van der Waals surface area (Å²) in [4.78, 5) is 15.2. The average Bonchev–Trinajstić information content (AvgIpc) is 2.82. The van der Waals surface area contributed by atoms with Crippen molar-refractivity contribution in [2.45, 2.75) is 38.0 Å². The molecule has 1 aromatic heterocycles. The summed E-state index contributed by atoms with van der Waals surface area (Å²) in [7, 11) is 0. The Labute approximate surface area is 93.1 Å². The number of carbonyl (C=O) groups is 1. The lowest BCUT2D eigenvalue weighted by molar-refractivity contribution is -0.130. The Hall–Kier alpha value is -0.870. The molecule has 1 aliphatic heterocycles. The fraction of sp³-hybridized carbons (Fsp3) is 0.545. The molecule has 2 fully saturated rings. The Morgan fingerprint density at radius 1 is 1.53 bits per heavy atom. The molecule has 0 spiro atoms. The molecular formula is C11H14N2OS. The third-order valence-electron chi connectivity index (χ3n) is 3.06. The van der Waals surface area contributed by atoms with Crippen LogP contribution < -0.4 is 5.32 Å². The van der Waals surface area contributed by atoms with Crippen LogP contribution in [0.4, 0.5) is 0 Å². The lowest BCUT2D eigenvalue weighted by Crippen LogP contribution is -2.32. The molecule has 3 nitrogen and oxygen atoms in total. The van der Waals surface area contributed by atoms with Crippen LogP contribution in [0, 0.1) is 0 Å². The second kappa shape index (κ2) is 3.32. The van der Waals surface area contributed by atoms with E-state index in [1.165, 1.54) is 17.7 Å². The molecule has 2 aliphatic rings. The first kappa shape index (κ1) is 9.36. The Morgan fingerprint density at radius 3 is 2.93 bits per heavy atom. The quantitative estimate of drug-likeness (QED) is 0.826. The highest BCUT2D eigenvalue weighted by Crippen LogP contribution is 2.38. The zero-order chi connectivity index (χ0) is 10.4. The molecule has 0 radical (unpaired) electrons. The molecule has 2 heterocycles.